The molecule has 1 aromatic heterocycles. The van der Waals surface area contributed by atoms with Gasteiger partial charge in [-0.05, 0) is 40.5 Å². The van der Waals surface area contributed by atoms with E-state index in [-0.39, 0.29) is 6.61 Å². The zero-order valence-corrected chi connectivity index (χ0v) is 10.9. The Morgan fingerprint density at radius 1 is 1.47 bits per heavy atom. The predicted molar refractivity (Wildman–Crippen MR) is 65.4 cm³/mol. The second kappa shape index (κ2) is 5.29. The van der Waals surface area contributed by atoms with Gasteiger partial charge in [-0.25, -0.2) is 0 Å². The molecule has 2 N–H and O–H groups in total. The number of aryl methyl sites for hydroxylation is 1. The average Bonchev–Trinajstić information content (AvgIpc) is 2.73. The van der Waals surface area contributed by atoms with Crippen molar-refractivity contribution in [3.05, 3.63) is 40.0 Å². The summed E-state index contributed by atoms with van der Waals surface area (Å²) in [5.41, 5.74) is 6.58. The zero-order valence-electron chi connectivity index (χ0n) is 9.31. The van der Waals surface area contributed by atoms with Gasteiger partial charge in [-0.3, -0.25) is 0 Å². The molecule has 17 heavy (non-hydrogen) atoms. The van der Waals surface area contributed by atoms with Crippen molar-refractivity contribution in [3.8, 4) is 5.75 Å². The van der Waals surface area contributed by atoms with E-state index < -0.39 is 0 Å². The van der Waals surface area contributed by atoms with Gasteiger partial charge >= 0.3 is 0 Å². The van der Waals surface area contributed by atoms with Crippen molar-refractivity contribution in [1.29, 1.82) is 0 Å². The van der Waals surface area contributed by atoms with Gasteiger partial charge in [-0.15, -0.1) is 0 Å². The minimum atomic E-state index is 0.251. The molecule has 0 aliphatic rings. The van der Waals surface area contributed by atoms with Crippen LogP contribution in [0.15, 0.2) is 27.2 Å². The van der Waals surface area contributed by atoms with Crippen LogP contribution in [0, 0.1) is 6.92 Å². The molecular weight excluding hydrogens is 286 g/mol. The van der Waals surface area contributed by atoms with E-state index in [1.54, 1.807) is 6.92 Å². The molecule has 0 amide bonds. The molecule has 2 rings (SSSR count). The third-order valence-corrected chi connectivity index (χ3v) is 2.77. The number of hydrogen-bond donors (Lipinski definition) is 1. The standard InChI is InChI=1S/C11H12BrN3O2/c1-7-14-11(17-15-7)6-16-10-3-2-8(5-13)4-9(10)12/h2-4H,5-6,13H2,1H3. The Morgan fingerprint density at radius 2 is 2.29 bits per heavy atom. The van der Waals surface area contributed by atoms with Crippen LogP contribution < -0.4 is 10.5 Å². The topological polar surface area (TPSA) is 74.2 Å². The van der Waals surface area contributed by atoms with Gasteiger partial charge in [0.15, 0.2) is 12.4 Å². The molecule has 0 bridgehead atoms. The molecule has 0 saturated heterocycles. The van der Waals surface area contributed by atoms with Gasteiger partial charge in [0.2, 0.25) is 0 Å². The largest absolute Gasteiger partial charge is 0.483 e. The zero-order chi connectivity index (χ0) is 12.3. The van der Waals surface area contributed by atoms with Crippen LogP contribution in [0.5, 0.6) is 5.75 Å². The van der Waals surface area contributed by atoms with Crippen molar-refractivity contribution in [3.63, 3.8) is 0 Å². The monoisotopic (exact) mass is 297 g/mol. The highest BCUT2D eigenvalue weighted by Gasteiger charge is 2.06. The van der Waals surface area contributed by atoms with Crippen LogP contribution in [-0.2, 0) is 13.2 Å². The Hall–Kier alpha value is -1.40. The highest BCUT2D eigenvalue weighted by atomic mass is 79.9. The molecule has 5 nitrogen and oxygen atoms in total. The van der Waals surface area contributed by atoms with Crippen LogP contribution in [0.3, 0.4) is 0 Å². The van der Waals surface area contributed by atoms with Gasteiger partial charge in [-0.1, -0.05) is 11.2 Å². The van der Waals surface area contributed by atoms with E-state index in [2.05, 4.69) is 26.1 Å². The van der Waals surface area contributed by atoms with Crippen LogP contribution in [0.4, 0.5) is 0 Å². The highest BCUT2D eigenvalue weighted by molar-refractivity contribution is 9.10. The van der Waals surface area contributed by atoms with Crippen LogP contribution in [0.25, 0.3) is 0 Å². The first kappa shape index (κ1) is 12.1. The lowest BCUT2D eigenvalue weighted by atomic mass is 10.2. The van der Waals surface area contributed by atoms with Gasteiger partial charge < -0.3 is 15.0 Å². The maximum atomic E-state index is 5.55. The molecule has 1 aromatic carbocycles. The number of rotatable bonds is 4. The lowest BCUT2D eigenvalue weighted by molar-refractivity contribution is 0.241. The van der Waals surface area contributed by atoms with Crippen molar-refractivity contribution < 1.29 is 9.26 Å². The van der Waals surface area contributed by atoms with Gasteiger partial charge in [0.25, 0.3) is 5.89 Å². The van der Waals surface area contributed by atoms with E-state index in [1.165, 1.54) is 0 Å². The molecule has 0 atom stereocenters. The summed E-state index contributed by atoms with van der Waals surface area (Å²) in [4.78, 5) is 4.05. The van der Waals surface area contributed by atoms with Crippen LogP contribution >= 0.6 is 15.9 Å². The molecule has 0 spiro atoms. The summed E-state index contributed by atoms with van der Waals surface area (Å²) in [7, 11) is 0. The van der Waals surface area contributed by atoms with Gasteiger partial charge in [0.05, 0.1) is 4.47 Å². The summed E-state index contributed by atoms with van der Waals surface area (Å²) in [6.07, 6.45) is 0. The Morgan fingerprint density at radius 3 is 2.88 bits per heavy atom. The SMILES string of the molecule is Cc1noc(COc2ccc(CN)cc2Br)n1. The van der Waals surface area contributed by atoms with Crippen LogP contribution in [-0.4, -0.2) is 10.1 Å². The van der Waals surface area contributed by atoms with E-state index in [0.29, 0.717) is 18.3 Å². The minimum absolute atomic E-state index is 0.251. The average molecular weight is 298 g/mol. The van der Waals surface area contributed by atoms with Crippen molar-refractivity contribution in [1.82, 2.24) is 10.1 Å². The van der Waals surface area contributed by atoms with E-state index in [0.717, 1.165) is 15.8 Å². The highest BCUT2D eigenvalue weighted by Crippen LogP contribution is 2.26. The number of ether oxygens (including phenoxy) is 1. The Bertz CT molecular complexity index is 513. The van der Waals surface area contributed by atoms with Gasteiger partial charge in [-0.2, -0.15) is 4.98 Å². The maximum Gasteiger partial charge on any atom is 0.264 e. The molecule has 0 aliphatic heterocycles. The van der Waals surface area contributed by atoms with Crippen molar-refractivity contribution >= 4 is 15.9 Å². The van der Waals surface area contributed by atoms with Crippen LogP contribution in [0.1, 0.15) is 17.3 Å². The van der Waals surface area contributed by atoms with E-state index in [4.69, 9.17) is 15.0 Å². The fourth-order valence-corrected chi connectivity index (χ4v) is 1.87. The number of nitrogens with two attached hydrogens (primary N) is 1. The summed E-state index contributed by atoms with van der Waals surface area (Å²) in [6.45, 7) is 2.52. The maximum absolute atomic E-state index is 5.55. The van der Waals surface area contributed by atoms with Gasteiger partial charge in [0.1, 0.15) is 5.75 Å². The fourth-order valence-electron chi connectivity index (χ4n) is 1.33. The third kappa shape index (κ3) is 3.04. The number of nitrogens with zero attached hydrogens (tertiary/aromatic N) is 2. The second-order valence-electron chi connectivity index (χ2n) is 3.49. The molecule has 0 radical (unpaired) electrons. The van der Waals surface area contributed by atoms with E-state index in [1.807, 2.05) is 18.2 Å². The number of aromatic nitrogens is 2. The lowest BCUT2D eigenvalue weighted by Crippen LogP contribution is -1.99. The number of halogens is 1. The molecule has 90 valence electrons. The summed E-state index contributed by atoms with van der Waals surface area (Å²) in [5, 5.41) is 3.68. The van der Waals surface area contributed by atoms with Crippen LogP contribution in [0.2, 0.25) is 0 Å². The molecular formula is C11H12BrN3O2. The van der Waals surface area contributed by atoms with Gasteiger partial charge in [0, 0.05) is 6.54 Å². The second-order valence-corrected chi connectivity index (χ2v) is 4.35. The summed E-state index contributed by atoms with van der Waals surface area (Å²) >= 11 is 3.42. The Balaban J connectivity index is 2.04. The molecule has 0 aliphatic carbocycles. The quantitative estimate of drug-likeness (QED) is 0.936. The normalized spacial score (nSPS) is 10.5. The predicted octanol–water partition coefficient (Wildman–Crippen LogP) is 2.18. The lowest BCUT2D eigenvalue weighted by Gasteiger charge is -2.06. The molecule has 0 unspecified atom stereocenters. The molecule has 1 heterocycles. The summed E-state index contributed by atoms with van der Waals surface area (Å²) < 4.78 is 11.4. The summed E-state index contributed by atoms with van der Waals surface area (Å²) in [6, 6.07) is 5.70. The minimum Gasteiger partial charge on any atom is -0.483 e. The van der Waals surface area contributed by atoms with Crippen molar-refractivity contribution in [2.24, 2.45) is 5.73 Å². The number of benzene rings is 1. The smallest absolute Gasteiger partial charge is 0.264 e. The first-order chi connectivity index (χ1) is 8.19. The van der Waals surface area contributed by atoms with Crippen molar-refractivity contribution in [2.75, 3.05) is 0 Å². The Labute approximate surface area is 107 Å². The van der Waals surface area contributed by atoms with E-state index in [9.17, 15) is 0 Å². The first-order valence-electron chi connectivity index (χ1n) is 5.09. The third-order valence-electron chi connectivity index (χ3n) is 2.15. The van der Waals surface area contributed by atoms with E-state index >= 15 is 0 Å². The number of hydrogen-bond acceptors (Lipinski definition) is 5. The first-order valence-corrected chi connectivity index (χ1v) is 5.89. The molecule has 6 heteroatoms. The molecule has 0 fully saturated rings. The van der Waals surface area contributed by atoms with Crippen molar-refractivity contribution in [2.45, 2.75) is 20.1 Å². The Kier molecular flexibility index (Phi) is 3.75. The fraction of sp³-hybridized carbons (Fsp3) is 0.273. The molecule has 2 aromatic rings. The summed E-state index contributed by atoms with van der Waals surface area (Å²) in [5.74, 6) is 1.77. The molecule has 0 saturated carbocycles.